The molecule has 1 atom stereocenters. The molecule has 0 aliphatic heterocycles. The maximum absolute atomic E-state index is 12.1. The predicted octanol–water partition coefficient (Wildman–Crippen LogP) is 2.32. The van der Waals surface area contributed by atoms with Crippen LogP contribution in [0.25, 0.3) is 10.9 Å². The Morgan fingerprint density at radius 1 is 1.50 bits per heavy atom. The highest BCUT2D eigenvalue weighted by molar-refractivity contribution is 6.02. The number of nitrogens with one attached hydrogen (secondary N) is 2. The molecule has 18 heavy (non-hydrogen) atoms. The van der Waals surface area contributed by atoms with E-state index in [9.17, 15) is 4.79 Å². The van der Waals surface area contributed by atoms with E-state index in [0.29, 0.717) is 12.2 Å². The molecule has 2 rings (SSSR count). The summed E-state index contributed by atoms with van der Waals surface area (Å²) in [4.78, 5) is 12.1. The van der Waals surface area contributed by atoms with Crippen LogP contribution in [-0.4, -0.2) is 28.8 Å². The Morgan fingerprint density at radius 2 is 2.22 bits per heavy atom. The lowest BCUT2D eigenvalue weighted by Crippen LogP contribution is -2.41. The molecular weight excluding hydrogens is 230 g/mol. The van der Waals surface area contributed by atoms with Crippen molar-refractivity contribution in [2.45, 2.75) is 25.9 Å². The molecule has 0 aliphatic rings. The summed E-state index contributed by atoms with van der Waals surface area (Å²) < 4.78 is 5.26. The van der Waals surface area contributed by atoms with Crippen molar-refractivity contribution in [3.63, 3.8) is 0 Å². The third-order valence-electron chi connectivity index (χ3n) is 3.31. The van der Waals surface area contributed by atoms with Gasteiger partial charge >= 0.3 is 0 Å². The largest absolute Gasteiger partial charge is 0.369 e. The lowest BCUT2D eigenvalue weighted by atomic mass is 10.0. The Balaban J connectivity index is 2.27. The van der Waals surface area contributed by atoms with E-state index in [1.807, 2.05) is 31.2 Å². The van der Waals surface area contributed by atoms with Gasteiger partial charge in [0, 0.05) is 12.5 Å². The van der Waals surface area contributed by atoms with Crippen LogP contribution < -0.4 is 5.32 Å². The zero-order valence-corrected chi connectivity index (χ0v) is 10.8. The molecule has 0 spiro atoms. The van der Waals surface area contributed by atoms with Gasteiger partial charge in [0.05, 0.1) is 5.52 Å². The number of rotatable bonds is 4. The van der Waals surface area contributed by atoms with E-state index >= 15 is 0 Å². The number of hydrogen-bond acceptors (Lipinski definition) is 3. The number of fused-ring (bicyclic) bond motifs is 1. The average Bonchev–Trinajstić information content (AvgIpc) is 2.81. The van der Waals surface area contributed by atoms with Crippen molar-refractivity contribution in [2.75, 3.05) is 12.4 Å². The van der Waals surface area contributed by atoms with Crippen molar-refractivity contribution in [3.05, 3.63) is 24.3 Å². The lowest BCUT2D eigenvalue weighted by Gasteiger charge is -2.24. The zero-order valence-electron chi connectivity index (χ0n) is 10.8. The van der Waals surface area contributed by atoms with E-state index in [2.05, 4.69) is 15.5 Å². The SMILES string of the molecule is CCC(C)(OC)C(=O)Nc1n[nH]c2ccccc12. The third kappa shape index (κ3) is 2.09. The molecule has 96 valence electrons. The number of nitrogens with zero attached hydrogens (tertiary/aromatic N) is 1. The van der Waals surface area contributed by atoms with Crippen LogP contribution in [0.4, 0.5) is 5.82 Å². The number of ether oxygens (including phenoxy) is 1. The van der Waals surface area contributed by atoms with Crippen LogP contribution in [0, 0.1) is 0 Å². The van der Waals surface area contributed by atoms with Gasteiger partial charge in [-0.25, -0.2) is 0 Å². The molecule has 0 bridgehead atoms. The second kappa shape index (κ2) is 4.78. The Labute approximate surface area is 106 Å². The molecule has 1 unspecified atom stereocenters. The van der Waals surface area contributed by atoms with Gasteiger partial charge in [0.15, 0.2) is 5.82 Å². The highest BCUT2D eigenvalue weighted by Crippen LogP contribution is 2.22. The summed E-state index contributed by atoms with van der Waals surface area (Å²) in [7, 11) is 1.53. The molecule has 0 aliphatic carbocycles. The van der Waals surface area contributed by atoms with Gasteiger partial charge in [0.1, 0.15) is 5.60 Å². The first-order valence-electron chi connectivity index (χ1n) is 5.90. The molecule has 1 aromatic heterocycles. The quantitative estimate of drug-likeness (QED) is 0.871. The van der Waals surface area contributed by atoms with E-state index in [-0.39, 0.29) is 5.91 Å². The fraction of sp³-hybridized carbons (Fsp3) is 0.385. The van der Waals surface area contributed by atoms with E-state index in [1.165, 1.54) is 7.11 Å². The Morgan fingerprint density at radius 3 is 2.89 bits per heavy atom. The first-order valence-corrected chi connectivity index (χ1v) is 5.90. The monoisotopic (exact) mass is 247 g/mol. The number of amides is 1. The number of para-hydroxylation sites is 1. The molecule has 0 saturated heterocycles. The number of H-pyrrole nitrogens is 1. The van der Waals surface area contributed by atoms with Crippen molar-refractivity contribution >= 4 is 22.6 Å². The van der Waals surface area contributed by atoms with Crippen LogP contribution in [0.3, 0.4) is 0 Å². The molecule has 1 heterocycles. The fourth-order valence-electron chi connectivity index (χ4n) is 1.70. The van der Waals surface area contributed by atoms with Crippen LogP contribution in [0.15, 0.2) is 24.3 Å². The Hall–Kier alpha value is -1.88. The first-order chi connectivity index (χ1) is 8.60. The van der Waals surface area contributed by atoms with E-state index in [0.717, 1.165) is 10.9 Å². The summed E-state index contributed by atoms with van der Waals surface area (Å²) in [5.41, 5.74) is 0.0588. The highest BCUT2D eigenvalue weighted by atomic mass is 16.5. The van der Waals surface area contributed by atoms with Crippen LogP contribution in [0.5, 0.6) is 0 Å². The molecular formula is C13H17N3O2. The standard InChI is InChI=1S/C13H17N3O2/c1-4-13(2,18-3)12(17)14-11-9-7-5-6-8-10(9)15-16-11/h5-8H,4H2,1-3H3,(H2,14,15,16,17). The number of aromatic amines is 1. The summed E-state index contributed by atoms with van der Waals surface area (Å²) in [6.45, 7) is 3.67. The Kier molecular flexibility index (Phi) is 3.34. The van der Waals surface area contributed by atoms with Crippen LogP contribution in [0.2, 0.25) is 0 Å². The maximum Gasteiger partial charge on any atom is 0.257 e. The van der Waals surface area contributed by atoms with Gasteiger partial charge in [-0.2, -0.15) is 5.10 Å². The molecule has 2 N–H and O–H groups in total. The topological polar surface area (TPSA) is 67.0 Å². The predicted molar refractivity (Wildman–Crippen MR) is 70.4 cm³/mol. The van der Waals surface area contributed by atoms with Crippen LogP contribution in [-0.2, 0) is 9.53 Å². The van der Waals surface area contributed by atoms with Gasteiger partial charge in [-0.3, -0.25) is 9.89 Å². The zero-order chi connectivity index (χ0) is 13.2. The van der Waals surface area contributed by atoms with E-state index in [1.54, 1.807) is 6.92 Å². The van der Waals surface area contributed by atoms with E-state index in [4.69, 9.17) is 4.74 Å². The number of carbonyl (C=O) groups is 1. The van der Waals surface area contributed by atoms with Crippen LogP contribution in [0.1, 0.15) is 20.3 Å². The van der Waals surface area contributed by atoms with Crippen molar-refractivity contribution in [2.24, 2.45) is 0 Å². The molecule has 2 aromatic rings. The van der Waals surface area contributed by atoms with Gasteiger partial charge in [-0.05, 0) is 25.5 Å². The van der Waals surface area contributed by atoms with Crippen LogP contribution >= 0.6 is 0 Å². The number of carbonyl (C=O) groups excluding carboxylic acids is 1. The number of hydrogen-bond donors (Lipinski definition) is 2. The van der Waals surface area contributed by atoms with Gasteiger partial charge in [0.2, 0.25) is 0 Å². The minimum Gasteiger partial charge on any atom is -0.369 e. The van der Waals surface area contributed by atoms with Crippen molar-refractivity contribution in [3.8, 4) is 0 Å². The van der Waals surface area contributed by atoms with Gasteiger partial charge in [0.25, 0.3) is 5.91 Å². The number of methoxy groups -OCH3 is 1. The molecule has 1 amide bonds. The normalized spacial score (nSPS) is 14.4. The summed E-state index contributed by atoms with van der Waals surface area (Å²) in [6.07, 6.45) is 0.595. The smallest absolute Gasteiger partial charge is 0.257 e. The number of aromatic nitrogens is 2. The summed E-state index contributed by atoms with van der Waals surface area (Å²) in [6, 6.07) is 7.64. The second-order valence-corrected chi connectivity index (χ2v) is 4.36. The molecule has 1 aromatic carbocycles. The van der Waals surface area contributed by atoms with Gasteiger partial charge < -0.3 is 10.1 Å². The van der Waals surface area contributed by atoms with Crippen molar-refractivity contribution in [1.29, 1.82) is 0 Å². The number of anilines is 1. The van der Waals surface area contributed by atoms with Gasteiger partial charge in [-0.1, -0.05) is 19.1 Å². The maximum atomic E-state index is 12.1. The minimum atomic E-state index is -0.833. The third-order valence-corrected chi connectivity index (χ3v) is 3.31. The lowest BCUT2D eigenvalue weighted by molar-refractivity contribution is -0.136. The fourth-order valence-corrected chi connectivity index (χ4v) is 1.70. The summed E-state index contributed by atoms with van der Waals surface area (Å²) in [5, 5.41) is 10.7. The molecule has 5 heteroatoms. The number of benzene rings is 1. The average molecular weight is 247 g/mol. The molecule has 0 saturated carbocycles. The molecule has 0 fully saturated rings. The van der Waals surface area contributed by atoms with Crippen molar-refractivity contribution in [1.82, 2.24) is 10.2 Å². The van der Waals surface area contributed by atoms with E-state index < -0.39 is 5.60 Å². The highest BCUT2D eigenvalue weighted by Gasteiger charge is 2.31. The molecule has 0 radical (unpaired) electrons. The van der Waals surface area contributed by atoms with Crippen molar-refractivity contribution < 1.29 is 9.53 Å². The Bertz CT molecular complexity index is 558. The molecule has 5 nitrogen and oxygen atoms in total. The summed E-state index contributed by atoms with van der Waals surface area (Å²) >= 11 is 0. The summed E-state index contributed by atoms with van der Waals surface area (Å²) in [5.74, 6) is 0.345. The second-order valence-electron chi connectivity index (χ2n) is 4.36. The minimum absolute atomic E-state index is 0.190. The first kappa shape index (κ1) is 12.6. The van der Waals surface area contributed by atoms with Gasteiger partial charge in [-0.15, -0.1) is 0 Å².